The van der Waals surface area contributed by atoms with Crippen LogP contribution in [0.1, 0.15) is 20.3 Å². The van der Waals surface area contributed by atoms with Crippen LogP contribution in [-0.4, -0.2) is 13.7 Å². The number of hydrogen-bond donors (Lipinski definition) is 2. The van der Waals surface area contributed by atoms with Gasteiger partial charge in [-0.25, -0.2) is 8.42 Å². The third-order valence-electron chi connectivity index (χ3n) is 2.51. The zero-order valence-corrected chi connectivity index (χ0v) is 9.71. The van der Waals surface area contributed by atoms with Crippen molar-refractivity contribution in [1.29, 1.82) is 0 Å². The lowest BCUT2D eigenvalue weighted by Crippen LogP contribution is -2.18. The topological polar surface area (TPSA) is 86.2 Å². The monoisotopic (exact) mass is 228 g/mol. The molecule has 0 saturated carbocycles. The number of anilines is 2. The van der Waals surface area contributed by atoms with Gasteiger partial charge >= 0.3 is 0 Å². The summed E-state index contributed by atoms with van der Waals surface area (Å²) in [7, 11) is -3.35. The Labute approximate surface area is 90.2 Å². The second-order valence-corrected chi connectivity index (χ2v) is 5.86. The van der Waals surface area contributed by atoms with Crippen LogP contribution in [0.3, 0.4) is 0 Å². The highest BCUT2D eigenvalue weighted by Crippen LogP contribution is 2.27. The van der Waals surface area contributed by atoms with Crippen molar-refractivity contribution in [2.75, 3.05) is 11.5 Å². The van der Waals surface area contributed by atoms with Crippen LogP contribution in [0.25, 0.3) is 0 Å². The van der Waals surface area contributed by atoms with Gasteiger partial charge in [-0.15, -0.1) is 0 Å². The number of hydrogen-bond acceptors (Lipinski definition) is 4. The summed E-state index contributed by atoms with van der Waals surface area (Å²) in [5.41, 5.74) is 11.7. The molecule has 0 radical (unpaired) electrons. The fourth-order valence-corrected chi connectivity index (χ4v) is 2.81. The first-order valence-electron chi connectivity index (χ1n) is 4.79. The summed E-state index contributed by atoms with van der Waals surface area (Å²) < 4.78 is 24.0. The molecule has 0 aliphatic heterocycles. The molecule has 1 rings (SSSR count). The predicted molar refractivity (Wildman–Crippen MR) is 62.2 cm³/mol. The van der Waals surface area contributed by atoms with Crippen molar-refractivity contribution in [2.24, 2.45) is 0 Å². The molecule has 4 N–H and O–H groups in total. The summed E-state index contributed by atoms with van der Waals surface area (Å²) in [6, 6.07) is 4.68. The quantitative estimate of drug-likeness (QED) is 0.766. The molecule has 0 amide bonds. The Morgan fingerprint density at radius 1 is 1.33 bits per heavy atom. The van der Waals surface area contributed by atoms with E-state index in [2.05, 4.69) is 0 Å². The first kappa shape index (κ1) is 11.8. The number of para-hydroxylation sites is 1. The van der Waals surface area contributed by atoms with Gasteiger partial charge in [0.25, 0.3) is 0 Å². The summed E-state index contributed by atoms with van der Waals surface area (Å²) in [6.07, 6.45) is 0.552. The van der Waals surface area contributed by atoms with Gasteiger partial charge in [-0.05, 0) is 25.5 Å². The van der Waals surface area contributed by atoms with Gasteiger partial charge in [0.1, 0.15) is 0 Å². The molecular weight excluding hydrogens is 212 g/mol. The van der Waals surface area contributed by atoms with Gasteiger partial charge in [0, 0.05) is 0 Å². The fourth-order valence-electron chi connectivity index (χ4n) is 1.25. The molecule has 15 heavy (non-hydrogen) atoms. The van der Waals surface area contributed by atoms with E-state index < -0.39 is 15.1 Å². The fraction of sp³-hybridized carbons (Fsp3) is 0.400. The van der Waals surface area contributed by atoms with E-state index in [1.807, 2.05) is 6.92 Å². The lowest BCUT2D eigenvalue weighted by molar-refractivity contribution is 0.581. The molecule has 1 aromatic carbocycles. The average Bonchev–Trinajstić information content (AvgIpc) is 2.20. The Kier molecular flexibility index (Phi) is 3.24. The number of nitrogens with two attached hydrogens (primary N) is 2. The molecule has 0 spiro atoms. The molecule has 0 aliphatic rings. The van der Waals surface area contributed by atoms with Crippen molar-refractivity contribution in [1.82, 2.24) is 0 Å². The highest BCUT2D eigenvalue weighted by atomic mass is 32.2. The van der Waals surface area contributed by atoms with Crippen molar-refractivity contribution >= 4 is 21.2 Å². The van der Waals surface area contributed by atoms with E-state index >= 15 is 0 Å². The lowest BCUT2D eigenvalue weighted by atomic mass is 10.3. The van der Waals surface area contributed by atoms with Gasteiger partial charge in [0.05, 0.1) is 21.5 Å². The molecule has 5 heteroatoms. The van der Waals surface area contributed by atoms with Crippen LogP contribution in [-0.2, 0) is 9.84 Å². The van der Waals surface area contributed by atoms with Gasteiger partial charge < -0.3 is 11.5 Å². The zero-order chi connectivity index (χ0) is 11.6. The van der Waals surface area contributed by atoms with Crippen molar-refractivity contribution in [3.8, 4) is 0 Å². The highest BCUT2D eigenvalue weighted by molar-refractivity contribution is 7.92. The molecule has 4 nitrogen and oxygen atoms in total. The third-order valence-corrected chi connectivity index (χ3v) is 4.87. The highest BCUT2D eigenvalue weighted by Gasteiger charge is 2.24. The van der Waals surface area contributed by atoms with Gasteiger partial charge in [-0.3, -0.25) is 0 Å². The second kappa shape index (κ2) is 4.10. The standard InChI is InChI=1S/C10H16N2O2S/c1-3-7(2)15(13,14)9-6-4-5-8(11)10(9)12/h4-7H,3,11-12H2,1-2H3. The Hall–Kier alpha value is -1.23. The zero-order valence-electron chi connectivity index (χ0n) is 8.90. The van der Waals surface area contributed by atoms with Gasteiger partial charge in [0.15, 0.2) is 9.84 Å². The van der Waals surface area contributed by atoms with E-state index in [0.717, 1.165) is 0 Å². The summed E-state index contributed by atoms with van der Waals surface area (Å²) >= 11 is 0. The van der Waals surface area contributed by atoms with Crippen LogP contribution in [0, 0.1) is 0 Å². The molecule has 0 bridgehead atoms. The Bertz CT molecular complexity index is 454. The van der Waals surface area contributed by atoms with Crippen LogP contribution < -0.4 is 11.5 Å². The van der Waals surface area contributed by atoms with Crippen LogP contribution in [0.15, 0.2) is 23.1 Å². The smallest absolute Gasteiger partial charge is 0.183 e. The van der Waals surface area contributed by atoms with E-state index in [0.29, 0.717) is 12.1 Å². The summed E-state index contributed by atoms with van der Waals surface area (Å²) in [5, 5.41) is -0.443. The molecular formula is C10H16N2O2S. The first-order chi connectivity index (χ1) is 6.91. The van der Waals surface area contributed by atoms with Gasteiger partial charge in [-0.2, -0.15) is 0 Å². The van der Waals surface area contributed by atoms with Crippen LogP contribution in [0.4, 0.5) is 11.4 Å². The molecule has 1 atom stereocenters. The van der Waals surface area contributed by atoms with Gasteiger partial charge in [-0.1, -0.05) is 13.0 Å². The Morgan fingerprint density at radius 2 is 1.93 bits per heavy atom. The number of rotatable bonds is 3. The Morgan fingerprint density at radius 3 is 2.47 bits per heavy atom. The van der Waals surface area contributed by atoms with Crippen LogP contribution in [0.5, 0.6) is 0 Å². The summed E-state index contributed by atoms with van der Waals surface area (Å²) in [5.74, 6) is 0. The maximum Gasteiger partial charge on any atom is 0.183 e. The lowest BCUT2D eigenvalue weighted by Gasteiger charge is -2.13. The first-order valence-corrected chi connectivity index (χ1v) is 6.33. The summed E-state index contributed by atoms with van der Waals surface area (Å²) in [6.45, 7) is 3.49. The number of nitrogen functional groups attached to an aromatic ring is 2. The Balaban J connectivity index is 3.34. The largest absolute Gasteiger partial charge is 0.397 e. The van der Waals surface area contributed by atoms with E-state index in [1.54, 1.807) is 19.1 Å². The molecule has 0 aliphatic carbocycles. The SMILES string of the molecule is CCC(C)S(=O)(=O)c1cccc(N)c1N. The minimum Gasteiger partial charge on any atom is -0.397 e. The van der Waals surface area contributed by atoms with E-state index in [4.69, 9.17) is 11.5 Å². The van der Waals surface area contributed by atoms with Crippen molar-refractivity contribution in [3.63, 3.8) is 0 Å². The molecule has 0 fully saturated rings. The minimum atomic E-state index is -3.35. The van der Waals surface area contributed by atoms with Gasteiger partial charge in [0.2, 0.25) is 0 Å². The maximum atomic E-state index is 12.0. The second-order valence-electron chi connectivity index (χ2n) is 3.52. The molecule has 1 aromatic rings. The van der Waals surface area contributed by atoms with Crippen LogP contribution >= 0.6 is 0 Å². The normalized spacial score (nSPS) is 13.7. The molecule has 0 saturated heterocycles. The van der Waals surface area contributed by atoms with Crippen LogP contribution in [0.2, 0.25) is 0 Å². The van der Waals surface area contributed by atoms with Crippen molar-refractivity contribution in [2.45, 2.75) is 30.4 Å². The molecule has 84 valence electrons. The third kappa shape index (κ3) is 2.07. The number of benzene rings is 1. The van der Waals surface area contributed by atoms with Crippen molar-refractivity contribution in [3.05, 3.63) is 18.2 Å². The molecule has 1 unspecified atom stereocenters. The average molecular weight is 228 g/mol. The predicted octanol–water partition coefficient (Wildman–Crippen LogP) is 1.42. The van der Waals surface area contributed by atoms with E-state index in [-0.39, 0.29) is 10.6 Å². The van der Waals surface area contributed by atoms with Crippen molar-refractivity contribution < 1.29 is 8.42 Å². The molecule has 0 aromatic heterocycles. The number of sulfone groups is 1. The van der Waals surface area contributed by atoms with E-state index in [1.165, 1.54) is 6.07 Å². The van der Waals surface area contributed by atoms with E-state index in [9.17, 15) is 8.42 Å². The minimum absolute atomic E-state index is 0.136. The molecule has 0 heterocycles. The summed E-state index contributed by atoms with van der Waals surface area (Å²) in [4.78, 5) is 0.136. The maximum absolute atomic E-state index is 12.0.